The maximum Gasteiger partial charge on any atom is 0.251 e. The molecule has 0 saturated carbocycles. The summed E-state index contributed by atoms with van der Waals surface area (Å²) >= 11 is 0. The van der Waals surface area contributed by atoms with Crippen molar-refractivity contribution in [1.29, 1.82) is 0 Å². The summed E-state index contributed by atoms with van der Waals surface area (Å²) in [7, 11) is 4.18. The van der Waals surface area contributed by atoms with Crippen molar-refractivity contribution in [3.05, 3.63) is 46.2 Å². The maximum atomic E-state index is 12.8. The van der Waals surface area contributed by atoms with Crippen LogP contribution in [0.1, 0.15) is 12.0 Å². The predicted molar refractivity (Wildman–Crippen MR) is 109 cm³/mol. The van der Waals surface area contributed by atoms with Crippen molar-refractivity contribution in [3.8, 4) is 0 Å². The fourth-order valence-electron chi connectivity index (χ4n) is 3.73. The van der Waals surface area contributed by atoms with Crippen LogP contribution in [0.2, 0.25) is 0 Å². The second-order valence-electron chi connectivity index (χ2n) is 7.65. The summed E-state index contributed by atoms with van der Waals surface area (Å²) in [4.78, 5) is 31.8. The first kappa shape index (κ1) is 19.6. The van der Waals surface area contributed by atoms with Gasteiger partial charge in [-0.2, -0.15) is 0 Å². The van der Waals surface area contributed by atoms with Crippen molar-refractivity contribution in [1.82, 2.24) is 19.3 Å². The Kier molecular flexibility index (Phi) is 6.29. The zero-order valence-corrected chi connectivity index (χ0v) is 16.6. The molecule has 2 aromatic rings. The minimum Gasteiger partial charge on any atom is -0.339 e. The lowest BCUT2D eigenvalue weighted by molar-refractivity contribution is -0.133. The molecular weight excluding hydrogens is 340 g/mol. The SMILES string of the molecule is Cc1cc(=O)n(CC(=O)N2CCN(CCCN(C)C)CC2)c2ccccc12. The van der Waals surface area contributed by atoms with E-state index in [-0.39, 0.29) is 18.0 Å². The molecule has 27 heavy (non-hydrogen) atoms. The van der Waals surface area contributed by atoms with Gasteiger partial charge in [-0.1, -0.05) is 18.2 Å². The molecule has 146 valence electrons. The van der Waals surface area contributed by atoms with E-state index in [4.69, 9.17) is 0 Å². The van der Waals surface area contributed by atoms with E-state index in [2.05, 4.69) is 23.9 Å². The van der Waals surface area contributed by atoms with Gasteiger partial charge in [0.1, 0.15) is 6.54 Å². The highest BCUT2D eigenvalue weighted by Gasteiger charge is 2.21. The fourth-order valence-corrected chi connectivity index (χ4v) is 3.73. The standard InChI is InChI=1S/C21H30N4O2/c1-17-15-20(26)25(19-8-5-4-7-18(17)19)16-21(27)24-13-11-23(12-14-24)10-6-9-22(2)3/h4-5,7-8,15H,6,9-14,16H2,1-3H3. The van der Waals surface area contributed by atoms with Gasteiger partial charge in [-0.15, -0.1) is 0 Å². The van der Waals surface area contributed by atoms with E-state index in [9.17, 15) is 9.59 Å². The van der Waals surface area contributed by atoms with Crippen molar-refractivity contribution in [2.45, 2.75) is 19.9 Å². The van der Waals surface area contributed by atoms with Gasteiger partial charge in [0.15, 0.2) is 0 Å². The normalized spacial score (nSPS) is 15.6. The van der Waals surface area contributed by atoms with E-state index in [1.807, 2.05) is 36.1 Å². The van der Waals surface area contributed by atoms with E-state index < -0.39 is 0 Å². The lowest BCUT2D eigenvalue weighted by Crippen LogP contribution is -2.50. The van der Waals surface area contributed by atoms with Gasteiger partial charge < -0.3 is 9.80 Å². The summed E-state index contributed by atoms with van der Waals surface area (Å²) in [5.74, 6) is 0.0269. The number of piperazine rings is 1. The Hall–Kier alpha value is -2.18. The summed E-state index contributed by atoms with van der Waals surface area (Å²) < 4.78 is 1.61. The number of hydrogen-bond donors (Lipinski definition) is 0. The highest BCUT2D eigenvalue weighted by Crippen LogP contribution is 2.16. The molecule has 1 aliphatic rings. The molecule has 3 rings (SSSR count). The number of hydrogen-bond acceptors (Lipinski definition) is 4. The van der Waals surface area contributed by atoms with Gasteiger partial charge in [0, 0.05) is 37.6 Å². The van der Waals surface area contributed by atoms with Crippen LogP contribution in [-0.4, -0.2) is 78.5 Å². The molecule has 6 nitrogen and oxygen atoms in total. The first-order valence-electron chi connectivity index (χ1n) is 9.70. The number of para-hydroxylation sites is 1. The number of rotatable bonds is 6. The Labute approximate surface area is 161 Å². The van der Waals surface area contributed by atoms with Gasteiger partial charge >= 0.3 is 0 Å². The second-order valence-corrected chi connectivity index (χ2v) is 7.65. The number of benzene rings is 1. The molecular formula is C21H30N4O2. The minimum atomic E-state index is -0.109. The molecule has 0 bridgehead atoms. The van der Waals surface area contributed by atoms with Crippen molar-refractivity contribution in [2.75, 3.05) is 53.4 Å². The first-order chi connectivity index (χ1) is 13.0. The van der Waals surface area contributed by atoms with Gasteiger partial charge in [0.25, 0.3) is 5.56 Å². The summed E-state index contributed by atoms with van der Waals surface area (Å²) in [6.45, 7) is 7.49. The Morgan fingerprint density at radius 1 is 1.11 bits per heavy atom. The van der Waals surface area contributed by atoms with Gasteiger partial charge in [-0.3, -0.25) is 19.1 Å². The number of aromatic nitrogens is 1. The summed E-state index contributed by atoms with van der Waals surface area (Å²) in [5, 5.41) is 1.02. The zero-order valence-electron chi connectivity index (χ0n) is 16.6. The topological polar surface area (TPSA) is 48.8 Å². The van der Waals surface area contributed by atoms with Crippen LogP contribution >= 0.6 is 0 Å². The van der Waals surface area contributed by atoms with Crippen LogP contribution < -0.4 is 5.56 Å². The summed E-state index contributed by atoms with van der Waals surface area (Å²) in [5.41, 5.74) is 1.67. The highest BCUT2D eigenvalue weighted by molar-refractivity contribution is 5.84. The molecule has 0 N–H and O–H groups in total. The number of carbonyl (C=O) groups excluding carboxylic acids is 1. The number of nitrogens with zero attached hydrogens (tertiary/aromatic N) is 4. The van der Waals surface area contributed by atoms with E-state index in [1.54, 1.807) is 10.6 Å². The van der Waals surface area contributed by atoms with Crippen LogP contribution in [0.4, 0.5) is 0 Å². The van der Waals surface area contributed by atoms with Crippen molar-refractivity contribution in [3.63, 3.8) is 0 Å². The Morgan fingerprint density at radius 3 is 2.52 bits per heavy atom. The van der Waals surface area contributed by atoms with Crippen LogP contribution in [0, 0.1) is 6.92 Å². The number of pyridine rings is 1. The second kappa shape index (κ2) is 8.67. The molecule has 0 spiro atoms. The quantitative estimate of drug-likeness (QED) is 0.771. The lowest BCUT2D eigenvalue weighted by Gasteiger charge is -2.35. The molecule has 6 heteroatoms. The Morgan fingerprint density at radius 2 is 1.81 bits per heavy atom. The van der Waals surface area contributed by atoms with E-state index in [0.29, 0.717) is 0 Å². The Balaban J connectivity index is 1.62. The molecule has 1 saturated heterocycles. The molecule has 1 aromatic heterocycles. The lowest BCUT2D eigenvalue weighted by atomic mass is 10.1. The van der Waals surface area contributed by atoms with Crippen molar-refractivity contribution < 1.29 is 4.79 Å². The Bertz CT molecular complexity index is 851. The smallest absolute Gasteiger partial charge is 0.251 e. The molecule has 0 unspecified atom stereocenters. The summed E-state index contributed by atoms with van der Waals surface area (Å²) in [6, 6.07) is 9.41. The van der Waals surface area contributed by atoms with Crippen LogP contribution in [0.3, 0.4) is 0 Å². The van der Waals surface area contributed by atoms with Crippen LogP contribution in [0.25, 0.3) is 10.9 Å². The summed E-state index contributed by atoms with van der Waals surface area (Å²) in [6.07, 6.45) is 1.14. The van der Waals surface area contributed by atoms with Crippen LogP contribution in [-0.2, 0) is 11.3 Å². The third-order valence-electron chi connectivity index (χ3n) is 5.32. The third-order valence-corrected chi connectivity index (χ3v) is 5.32. The number of fused-ring (bicyclic) bond motifs is 1. The molecule has 2 heterocycles. The molecule has 0 radical (unpaired) electrons. The molecule has 1 aromatic carbocycles. The van der Waals surface area contributed by atoms with Crippen molar-refractivity contribution in [2.24, 2.45) is 0 Å². The van der Waals surface area contributed by atoms with Gasteiger partial charge in [-0.05, 0) is 52.2 Å². The molecule has 1 fully saturated rings. The van der Waals surface area contributed by atoms with E-state index in [1.165, 1.54) is 0 Å². The van der Waals surface area contributed by atoms with E-state index in [0.717, 1.165) is 62.2 Å². The average molecular weight is 370 g/mol. The largest absolute Gasteiger partial charge is 0.339 e. The van der Waals surface area contributed by atoms with Gasteiger partial charge in [0.2, 0.25) is 5.91 Å². The van der Waals surface area contributed by atoms with Gasteiger partial charge in [-0.25, -0.2) is 0 Å². The van der Waals surface area contributed by atoms with Crippen LogP contribution in [0.15, 0.2) is 35.1 Å². The van der Waals surface area contributed by atoms with E-state index >= 15 is 0 Å². The monoisotopic (exact) mass is 370 g/mol. The number of aryl methyl sites for hydroxylation is 1. The maximum absolute atomic E-state index is 12.8. The molecule has 0 aliphatic carbocycles. The van der Waals surface area contributed by atoms with Crippen LogP contribution in [0.5, 0.6) is 0 Å². The van der Waals surface area contributed by atoms with Gasteiger partial charge in [0.05, 0.1) is 5.52 Å². The third kappa shape index (κ3) is 4.76. The highest BCUT2D eigenvalue weighted by atomic mass is 16.2. The average Bonchev–Trinajstić information content (AvgIpc) is 2.65. The predicted octanol–water partition coefficient (Wildman–Crippen LogP) is 1.41. The number of carbonyl (C=O) groups is 1. The molecule has 0 atom stereocenters. The minimum absolute atomic E-state index is 0.0269. The zero-order chi connectivity index (χ0) is 19.4. The molecule has 1 amide bonds. The first-order valence-corrected chi connectivity index (χ1v) is 9.70. The number of amides is 1. The molecule has 1 aliphatic heterocycles. The van der Waals surface area contributed by atoms with Crippen molar-refractivity contribution >= 4 is 16.8 Å². The fraction of sp³-hybridized carbons (Fsp3) is 0.524.